The van der Waals surface area contributed by atoms with Crippen molar-refractivity contribution < 1.29 is 22.4 Å². The van der Waals surface area contributed by atoms with Crippen LogP contribution in [0.2, 0.25) is 5.02 Å². The van der Waals surface area contributed by atoms with Gasteiger partial charge in [-0.15, -0.1) is 0 Å². The molecule has 4 rings (SSSR count). The predicted molar refractivity (Wildman–Crippen MR) is 167 cm³/mol. The summed E-state index contributed by atoms with van der Waals surface area (Å²) in [5.74, 6) is -1.65. The van der Waals surface area contributed by atoms with Gasteiger partial charge in [-0.1, -0.05) is 77.8 Å². The van der Waals surface area contributed by atoms with Gasteiger partial charge in [0.05, 0.1) is 10.6 Å². The Balaban J connectivity index is 1.80. The molecule has 0 aliphatic rings. The number of anilines is 1. The van der Waals surface area contributed by atoms with E-state index in [2.05, 4.69) is 5.32 Å². The fourth-order valence-corrected chi connectivity index (χ4v) is 6.17. The highest BCUT2D eigenvalue weighted by molar-refractivity contribution is 7.92. The van der Waals surface area contributed by atoms with Gasteiger partial charge in [0.1, 0.15) is 18.4 Å². The Morgan fingerprint density at radius 2 is 1.51 bits per heavy atom. The second kappa shape index (κ2) is 14.3. The topological polar surface area (TPSA) is 86.8 Å². The lowest BCUT2D eigenvalue weighted by Crippen LogP contribution is -2.53. The summed E-state index contributed by atoms with van der Waals surface area (Å²) in [5.41, 5.74) is 2.14. The molecule has 7 nitrogen and oxygen atoms in total. The zero-order valence-corrected chi connectivity index (χ0v) is 25.5. The van der Waals surface area contributed by atoms with E-state index in [9.17, 15) is 22.4 Å². The van der Waals surface area contributed by atoms with Gasteiger partial charge >= 0.3 is 0 Å². The maximum Gasteiger partial charge on any atom is 0.264 e. The minimum absolute atomic E-state index is 0.0597. The monoisotopic (exact) mass is 621 g/mol. The number of amides is 2. The maximum atomic E-state index is 14.9. The van der Waals surface area contributed by atoms with Gasteiger partial charge in [-0.05, 0) is 61.9 Å². The summed E-state index contributed by atoms with van der Waals surface area (Å²) in [6.45, 7) is 3.06. The summed E-state index contributed by atoms with van der Waals surface area (Å²) in [4.78, 5) is 28.9. The summed E-state index contributed by atoms with van der Waals surface area (Å²) in [7, 11) is -4.26. The van der Waals surface area contributed by atoms with Crippen molar-refractivity contribution in [3.8, 4) is 0 Å². The summed E-state index contributed by atoms with van der Waals surface area (Å²) in [6.07, 6.45) is 0.140. The lowest BCUT2D eigenvalue weighted by atomic mass is 10.0. The molecule has 4 aromatic rings. The summed E-state index contributed by atoms with van der Waals surface area (Å²) < 4.78 is 43.8. The van der Waals surface area contributed by atoms with Crippen molar-refractivity contribution in [1.82, 2.24) is 10.2 Å². The molecule has 0 aliphatic heterocycles. The van der Waals surface area contributed by atoms with E-state index in [-0.39, 0.29) is 29.1 Å². The fourth-order valence-electron chi connectivity index (χ4n) is 4.63. The van der Waals surface area contributed by atoms with Crippen LogP contribution in [0.15, 0.2) is 108 Å². The Kier molecular flexibility index (Phi) is 10.6. The van der Waals surface area contributed by atoms with Gasteiger partial charge in [0.2, 0.25) is 11.8 Å². The minimum atomic E-state index is -4.26. The number of carbonyl (C=O) groups excluding carboxylic acids is 2. The summed E-state index contributed by atoms with van der Waals surface area (Å²) in [5, 5.41) is 3.14. The second-order valence-corrected chi connectivity index (χ2v) is 12.3. The molecule has 0 heterocycles. The molecular weight excluding hydrogens is 589 g/mol. The van der Waals surface area contributed by atoms with Crippen LogP contribution >= 0.6 is 11.6 Å². The lowest BCUT2D eigenvalue weighted by molar-refractivity contribution is -0.140. The van der Waals surface area contributed by atoms with Crippen molar-refractivity contribution >= 4 is 39.1 Å². The van der Waals surface area contributed by atoms with Crippen molar-refractivity contribution in [2.24, 2.45) is 0 Å². The first-order chi connectivity index (χ1) is 20.6. The van der Waals surface area contributed by atoms with Crippen molar-refractivity contribution in [3.63, 3.8) is 0 Å². The van der Waals surface area contributed by atoms with Crippen LogP contribution in [0.4, 0.5) is 10.1 Å². The predicted octanol–water partition coefficient (Wildman–Crippen LogP) is 5.76. The van der Waals surface area contributed by atoms with E-state index in [0.29, 0.717) is 11.6 Å². The average Bonchev–Trinajstić information content (AvgIpc) is 3.00. The number of sulfonamides is 1. The molecule has 0 bridgehead atoms. The van der Waals surface area contributed by atoms with Gasteiger partial charge in [-0.25, -0.2) is 12.8 Å². The van der Waals surface area contributed by atoms with Crippen LogP contribution in [0, 0.1) is 12.7 Å². The largest absolute Gasteiger partial charge is 0.355 e. The number of rotatable bonds is 12. The average molecular weight is 622 g/mol. The molecule has 0 radical (unpaired) electrons. The van der Waals surface area contributed by atoms with E-state index in [1.54, 1.807) is 37.3 Å². The van der Waals surface area contributed by atoms with Gasteiger partial charge in [0.15, 0.2) is 0 Å². The van der Waals surface area contributed by atoms with E-state index < -0.39 is 40.2 Å². The molecule has 0 unspecified atom stereocenters. The molecule has 43 heavy (non-hydrogen) atoms. The number of halogens is 2. The zero-order chi connectivity index (χ0) is 31.0. The highest BCUT2D eigenvalue weighted by Gasteiger charge is 2.34. The van der Waals surface area contributed by atoms with Gasteiger partial charge in [-0.3, -0.25) is 13.9 Å². The Hall–Kier alpha value is -4.21. The smallest absolute Gasteiger partial charge is 0.264 e. The first-order valence-corrected chi connectivity index (χ1v) is 15.6. The molecule has 0 saturated carbocycles. The summed E-state index contributed by atoms with van der Waals surface area (Å²) in [6, 6.07) is 26.5. The first-order valence-electron chi connectivity index (χ1n) is 13.8. The van der Waals surface area contributed by atoms with Crippen LogP contribution in [-0.4, -0.2) is 44.3 Å². The highest BCUT2D eigenvalue weighted by atomic mass is 35.5. The number of benzene rings is 4. The van der Waals surface area contributed by atoms with Crippen LogP contribution in [0.25, 0.3) is 0 Å². The number of hydrogen-bond acceptors (Lipinski definition) is 4. The first kappa shape index (κ1) is 31.7. The van der Waals surface area contributed by atoms with Crippen molar-refractivity contribution in [1.29, 1.82) is 0 Å². The van der Waals surface area contributed by atoms with Crippen molar-refractivity contribution in [2.45, 2.75) is 37.8 Å². The van der Waals surface area contributed by atoms with E-state index in [0.717, 1.165) is 15.4 Å². The molecule has 1 N–H and O–H groups in total. The molecule has 0 saturated heterocycles. The van der Waals surface area contributed by atoms with E-state index in [4.69, 9.17) is 11.6 Å². The molecule has 0 spiro atoms. The Bertz CT molecular complexity index is 1650. The van der Waals surface area contributed by atoms with Gasteiger partial charge in [0.25, 0.3) is 10.0 Å². The zero-order valence-electron chi connectivity index (χ0n) is 23.9. The number of nitrogens with zero attached hydrogens (tertiary/aromatic N) is 2. The molecule has 0 fully saturated rings. The van der Waals surface area contributed by atoms with E-state index in [1.807, 2.05) is 37.3 Å². The quantitative estimate of drug-likeness (QED) is 0.218. The van der Waals surface area contributed by atoms with Gasteiger partial charge in [-0.2, -0.15) is 0 Å². The molecule has 2 amide bonds. The molecular formula is C33H33ClFN3O4S. The SMILES string of the molecule is CCNC(=O)[C@H](Cc1ccccc1)N(Cc1ccccc1F)C(=O)CN(c1ccc(C)cc1)S(=O)(=O)c1ccc(Cl)cc1. The number of hydrogen-bond donors (Lipinski definition) is 1. The fraction of sp³-hybridized carbons (Fsp3) is 0.212. The molecule has 10 heteroatoms. The normalized spacial score (nSPS) is 11.9. The van der Waals surface area contributed by atoms with Crippen molar-refractivity contribution in [3.05, 3.63) is 131 Å². The number of aryl methyl sites for hydroxylation is 1. The number of likely N-dealkylation sites (N-methyl/N-ethyl adjacent to an activating group) is 1. The second-order valence-electron chi connectivity index (χ2n) is 10.0. The third kappa shape index (κ3) is 8.00. The van der Waals surface area contributed by atoms with Crippen LogP contribution in [0.3, 0.4) is 0 Å². The Labute approximate surface area is 257 Å². The van der Waals surface area contributed by atoms with Crippen LogP contribution in [0.1, 0.15) is 23.6 Å². The third-order valence-corrected chi connectivity index (χ3v) is 8.96. The molecule has 224 valence electrons. The maximum absolute atomic E-state index is 14.9. The highest BCUT2D eigenvalue weighted by Crippen LogP contribution is 2.26. The van der Waals surface area contributed by atoms with E-state index in [1.165, 1.54) is 47.4 Å². The molecule has 0 aliphatic carbocycles. The van der Waals surface area contributed by atoms with Crippen LogP contribution < -0.4 is 9.62 Å². The van der Waals surface area contributed by atoms with Crippen molar-refractivity contribution in [2.75, 3.05) is 17.4 Å². The minimum Gasteiger partial charge on any atom is -0.355 e. The number of nitrogens with one attached hydrogen (secondary N) is 1. The van der Waals surface area contributed by atoms with Crippen LogP contribution in [-0.2, 0) is 32.6 Å². The van der Waals surface area contributed by atoms with Gasteiger partial charge in [0, 0.05) is 30.1 Å². The van der Waals surface area contributed by atoms with Crippen LogP contribution in [0.5, 0.6) is 0 Å². The summed E-state index contributed by atoms with van der Waals surface area (Å²) >= 11 is 6.01. The van der Waals surface area contributed by atoms with E-state index >= 15 is 0 Å². The lowest BCUT2D eigenvalue weighted by Gasteiger charge is -2.34. The number of carbonyl (C=O) groups is 2. The third-order valence-electron chi connectivity index (χ3n) is 6.92. The Morgan fingerprint density at radius 3 is 2.14 bits per heavy atom. The Morgan fingerprint density at radius 1 is 0.884 bits per heavy atom. The molecule has 4 aromatic carbocycles. The molecule has 1 atom stereocenters. The van der Waals surface area contributed by atoms with Gasteiger partial charge < -0.3 is 10.2 Å². The molecule has 0 aromatic heterocycles. The standard InChI is InChI=1S/C33H33ClFN3O4S/c1-3-36-33(40)31(21-25-9-5-4-6-10-25)37(22-26-11-7-8-12-30(26)35)32(39)23-38(28-17-13-24(2)14-18-28)43(41,42)29-19-15-27(34)16-20-29/h4-20,31H,3,21-23H2,1-2H3,(H,36,40)/t31-/m0/s1.